The van der Waals surface area contributed by atoms with E-state index in [9.17, 15) is 13.2 Å². The maximum absolute atomic E-state index is 12.7. The molecule has 6 nitrogen and oxygen atoms in total. The average molecular weight is 358 g/mol. The van der Waals surface area contributed by atoms with Crippen LogP contribution in [-0.4, -0.2) is 44.6 Å². The number of hydrogen-bond acceptors (Lipinski definition) is 4. The molecule has 1 aliphatic carbocycles. The molecule has 8 heteroatoms. The van der Waals surface area contributed by atoms with Crippen molar-refractivity contribution < 1.29 is 13.2 Å². The van der Waals surface area contributed by atoms with E-state index in [0.29, 0.717) is 30.5 Å². The average Bonchev–Trinajstić information content (AvgIpc) is 3.02. The smallest absolute Gasteiger partial charge is 0.253 e. The fourth-order valence-corrected chi connectivity index (χ4v) is 4.38. The van der Waals surface area contributed by atoms with Crippen molar-refractivity contribution in [3.63, 3.8) is 0 Å². The van der Waals surface area contributed by atoms with Gasteiger partial charge in [-0.25, -0.2) is 8.42 Å². The lowest BCUT2D eigenvalue weighted by molar-refractivity contribution is 0.0779. The number of halogens is 1. The number of carbonyl (C=O) groups excluding carboxylic acids is 1. The third-order valence-electron chi connectivity index (χ3n) is 4.71. The number of nitrogens with zero attached hydrogens (tertiary/aromatic N) is 1. The van der Waals surface area contributed by atoms with Crippen molar-refractivity contribution in [2.45, 2.75) is 18.9 Å². The Balaban J connectivity index is 1.79. The summed E-state index contributed by atoms with van der Waals surface area (Å²) < 4.78 is 25.1. The van der Waals surface area contributed by atoms with Crippen LogP contribution in [0.15, 0.2) is 18.2 Å². The second kappa shape index (κ2) is 5.96. The van der Waals surface area contributed by atoms with Gasteiger partial charge in [-0.15, -0.1) is 0 Å². The largest absolute Gasteiger partial charge is 0.338 e. The van der Waals surface area contributed by atoms with Crippen LogP contribution in [0.25, 0.3) is 0 Å². The summed E-state index contributed by atoms with van der Waals surface area (Å²) in [6, 6.07) is 4.81. The van der Waals surface area contributed by atoms with E-state index in [4.69, 9.17) is 17.3 Å². The minimum atomic E-state index is -3.46. The third-order valence-corrected chi connectivity index (χ3v) is 5.63. The Kier molecular flexibility index (Phi) is 4.29. The number of sulfonamides is 1. The molecular formula is C15H20ClN3O3S. The van der Waals surface area contributed by atoms with E-state index >= 15 is 0 Å². The molecule has 0 aromatic heterocycles. The second-order valence-corrected chi connectivity index (χ2v) is 8.60. The lowest BCUT2D eigenvalue weighted by Gasteiger charge is -2.19. The zero-order valence-corrected chi connectivity index (χ0v) is 14.4. The van der Waals surface area contributed by atoms with E-state index in [1.807, 2.05) is 4.90 Å². The molecule has 3 atom stereocenters. The molecule has 2 fully saturated rings. The molecule has 2 aliphatic rings. The van der Waals surface area contributed by atoms with Crippen LogP contribution in [0, 0.1) is 11.8 Å². The lowest BCUT2D eigenvalue weighted by Crippen LogP contribution is -2.33. The molecule has 126 valence electrons. The normalized spacial score (nSPS) is 27.1. The van der Waals surface area contributed by atoms with Crippen LogP contribution in [0.5, 0.6) is 0 Å². The van der Waals surface area contributed by atoms with Crippen molar-refractivity contribution in [1.82, 2.24) is 4.90 Å². The van der Waals surface area contributed by atoms with E-state index < -0.39 is 10.0 Å². The summed E-state index contributed by atoms with van der Waals surface area (Å²) in [7, 11) is -3.46. The minimum Gasteiger partial charge on any atom is -0.338 e. The summed E-state index contributed by atoms with van der Waals surface area (Å²) in [5.41, 5.74) is 6.75. The molecular weight excluding hydrogens is 338 g/mol. The van der Waals surface area contributed by atoms with Gasteiger partial charge in [0.2, 0.25) is 10.0 Å². The molecule has 1 amide bonds. The van der Waals surface area contributed by atoms with E-state index in [1.54, 1.807) is 6.07 Å². The highest BCUT2D eigenvalue weighted by atomic mass is 35.5. The van der Waals surface area contributed by atoms with E-state index in [0.717, 1.165) is 19.1 Å². The molecule has 23 heavy (non-hydrogen) atoms. The molecule has 1 aromatic carbocycles. The number of fused-ring (bicyclic) bond motifs is 1. The van der Waals surface area contributed by atoms with Gasteiger partial charge in [0, 0.05) is 24.7 Å². The second-order valence-electron chi connectivity index (χ2n) is 6.44. The zero-order chi connectivity index (χ0) is 16.8. The SMILES string of the molecule is CS(=O)(=O)Nc1cc(C(=O)N2CC3CCC(N)C3C2)ccc1Cl. The number of hydrogen-bond donors (Lipinski definition) is 2. The standard InChI is InChI=1S/C15H20ClN3O3S/c1-23(21,22)18-14-6-9(2-4-12(14)16)15(20)19-7-10-3-5-13(17)11(10)8-19/h2,4,6,10-11,13,18H,3,5,7-8,17H2,1H3. The third kappa shape index (κ3) is 3.46. The predicted molar refractivity (Wildman–Crippen MR) is 90.0 cm³/mol. The molecule has 0 spiro atoms. The van der Waals surface area contributed by atoms with Gasteiger partial charge in [-0.2, -0.15) is 0 Å². The Hall–Kier alpha value is -1.31. The van der Waals surface area contributed by atoms with Crippen molar-refractivity contribution in [3.8, 4) is 0 Å². The topological polar surface area (TPSA) is 92.5 Å². The zero-order valence-electron chi connectivity index (χ0n) is 12.8. The number of nitrogens with two attached hydrogens (primary N) is 1. The van der Waals surface area contributed by atoms with Crippen molar-refractivity contribution in [2.75, 3.05) is 24.1 Å². The Labute approximate surface area is 141 Å². The molecule has 1 saturated carbocycles. The monoisotopic (exact) mass is 357 g/mol. The first-order chi connectivity index (χ1) is 10.7. The number of likely N-dealkylation sites (tertiary alicyclic amines) is 1. The number of benzene rings is 1. The quantitative estimate of drug-likeness (QED) is 0.857. The molecule has 1 aliphatic heterocycles. The van der Waals surface area contributed by atoms with Gasteiger partial charge in [0.15, 0.2) is 0 Å². The van der Waals surface area contributed by atoms with Gasteiger partial charge in [-0.1, -0.05) is 11.6 Å². The van der Waals surface area contributed by atoms with Gasteiger partial charge in [0.1, 0.15) is 0 Å². The number of nitrogens with one attached hydrogen (secondary N) is 1. The van der Waals surface area contributed by atoms with E-state index in [1.165, 1.54) is 12.1 Å². The minimum absolute atomic E-state index is 0.111. The predicted octanol–water partition coefficient (Wildman–Crippen LogP) is 1.52. The van der Waals surface area contributed by atoms with Gasteiger partial charge in [-0.3, -0.25) is 9.52 Å². The molecule has 3 N–H and O–H groups in total. The van der Waals surface area contributed by atoms with Crippen LogP contribution in [0.2, 0.25) is 5.02 Å². The summed E-state index contributed by atoms with van der Waals surface area (Å²) in [6.07, 6.45) is 3.14. The van der Waals surface area contributed by atoms with Crippen molar-refractivity contribution in [1.29, 1.82) is 0 Å². The van der Waals surface area contributed by atoms with Gasteiger partial charge >= 0.3 is 0 Å². The maximum Gasteiger partial charge on any atom is 0.253 e. The molecule has 3 unspecified atom stereocenters. The van der Waals surface area contributed by atoms with Gasteiger partial charge in [-0.05, 0) is 42.9 Å². The lowest BCUT2D eigenvalue weighted by atomic mass is 9.98. The van der Waals surface area contributed by atoms with Crippen LogP contribution >= 0.6 is 11.6 Å². The highest BCUT2D eigenvalue weighted by Crippen LogP contribution is 2.37. The molecule has 1 aromatic rings. The van der Waals surface area contributed by atoms with Crippen molar-refractivity contribution in [2.24, 2.45) is 17.6 Å². The van der Waals surface area contributed by atoms with Gasteiger partial charge in [0.05, 0.1) is 17.0 Å². The maximum atomic E-state index is 12.7. The van der Waals surface area contributed by atoms with E-state index in [-0.39, 0.29) is 22.7 Å². The van der Waals surface area contributed by atoms with Crippen LogP contribution in [0.3, 0.4) is 0 Å². The number of rotatable bonds is 3. The Morgan fingerprint density at radius 1 is 1.35 bits per heavy atom. The summed E-state index contributed by atoms with van der Waals surface area (Å²) >= 11 is 6.00. The molecule has 1 heterocycles. The van der Waals surface area contributed by atoms with Crippen LogP contribution in [-0.2, 0) is 10.0 Å². The first kappa shape index (κ1) is 16.5. The number of anilines is 1. The molecule has 0 bridgehead atoms. The number of amides is 1. The van der Waals surface area contributed by atoms with Crippen molar-refractivity contribution >= 4 is 33.2 Å². The fourth-order valence-electron chi connectivity index (χ4n) is 3.59. The summed E-state index contributed by atoms with van der Waals surface area (Å²) in [5, 5.41) is 0.257. The summed E-state index contributed by atoms with van der Waals surface area (Å²) in [5.74, 6) is 0.745. The highest BCUT2D eigenvalue weighted by molar-refractivity contribution is 7.92. The van der Waals surface area contributed by atoms with Gasteiger partial charge < -0.3 is 10.6 Å². The van der Waals surface area contributed by atoms with E-state index in [2.05, 4.69) is 4.72 Å². The molecule has 1 saturated heterocycles. The van der Waals surface area contributed by atoms with Crippen LogP contribution < -0.4 is 10.5 Å². The van der Waals surface area contributed by atoms with Crippen molar-refractivity contribution in [3.05, 3.63) is 28.8 Å². The number of carbonyl (C=O) groups is 1. The highest BCUT2D eigenvalue weighted by Gasteiger charge is 2.42. The fraction of sp³-hybridized carbons (Fsp3) is 0.533. The van der Waals surface area contributed by atoms with Crippen LogP contribution in [0.4, 0.5) is 5.69 Å². The Morgan fingerprint density at radius 2 is 2.09 bits per heavy atom. The Morgan fingerprint density at radius 3 is 2.74 bits per heavy atom. The summed E-state index contributed by atoms with van der Waals surface area (Å²) in [6.45, 7) is 1.39. The first-order valence-corrected chi connectivity index (χ1v) is 9.84. The molecule has 3 rings (SSSR count). The molecule has 0 radical (unpaired) electrons. The summed E-state index contributed by atoms with van der Waals surface area (Å²) in [4.78, 5) is 14.5. The van der Waals surface area contributed by atoms with Crippen LogP contribution in [0.1, 0.15) is 23.2 Å². The van der Waals surface area contributed by atoms with Gasteiger partial charge in [0.25, 0.3) is 5.91 Å². The first-order valence-electron chi connectivity index (χ1n) is 7.57. The Bertz CT molecular complexity index is 737.